The first-order valence-corrected chi connectivity index (χ1v) is 4.15. The summed E-state index contributed by atoms with van der Waals surface area (Å²) in [7, 11) is 1.19. The number of carbonyl (C=O) groups is 1. The zero-order valence-corrected chi connectivity index (χ0v) is 8.08. The minimum Gasteiger partial charge on any atom is -0.465 e. The standard InChI is InChI=1S/C10H9FN2O2/c1-15-10(14)9-6(4-12)2-8(11)3-7(9)5-13/h2-3H,4,12H2,1H3. The smallest absolute Gasteiger partial charge is 0.339 e. The molecule has 0 heterocycles. The number of nitrogens with zero attached hydrogens (tertiary/aromatic N) is 1. The van der Waals surface area contributed by atoms with E-state index in [4.69, 9.17) is 11.0 Å². The van der Waals surface area contributed by atoms with Crippen LogP contribution < -0.4 is 5.73 Å². The van der Waals surface area contributed by atoms with E-state index in [1.165, 1.54) is 7.11 Å². The van der Waals surface area contributed by atoms with Gasteiger partial charge in [0.15, 0.2) is 0 Å². The molecule has 0 bridgehead atoms. The highest BCUT2D eigenvalue weighted by Crippen LogP contribution is 2.17. The SMILES string of the molecule is COC(=O)c1c(C#N)cc(F)cc1CN. The Labute approximate surface area is 86.1 Å². The van der Waals surface area contributed by atoms with E-state index in [-0.39, 0.29) is 23.2 Å². The molecule has 0 radical (unpaired) electrons. The monoisotopic (exact) mass is 208 g/mol. The maximum atomic E-state index is 13.0. The Kier molecular flexibility index (Phi) is 3.37. The van der Waals surface area contributed by atoms with Gasteiger partial charge in [-0.15, -0.1) is 0 Å². The van der Waals surface area contributed by atoms with E-state index in [9.17, 15) is 9.18 Å². The fourth-order valence-electron chi connectivity index (χ4n) is 1.26. The summed E-state index contributed by atoms with van der Waals surface area (Å²) >= 11 is 0. The summed E-state index contributed by atoms with van der Waals surface area (Å²) in [5.74, 6) is -1.29. The minimum absolute atomic E-state index is 0.0309. The predicted octanol–water partition coefficient (Wildman–Crippen LogP) is 0.943. The van der Waals surface area contributed by atoms with Crippen molar-refractivity contribution in [2.75, 3.05) is 7.11 Å². The molecule has 78 valence electrons. The number of nitrogens with two attached hydrogens (primary N) is 1. The van der Waals surface area contributed by atoms with E-state index >= 15 is 0 Å². The van der Waals surface area contributed by atoms with Crippen LogP contribution in [0.3, 0.4) is 0 Å². The third-order valence-electron chi connectivity index (χ3n) is 1.91. The zero-order valence-electron chi connectivity index (χ0n) is 8.08. The lowest BCUT2D eigenvalue weighted by atomic mass is 10.0. The van der Waals surface area contributed by atoms with Crippen molar-refractivity contribution in [1.29, 1.82) is 5.26 Å². The molecule has 0 saturated carbocycles. The average Bonchev–Trinajstić information content (AvgIpc) is 2.26. The highest BCUT2D eigenvalue weighted by Gasteiger charge is 2.17. The molecule has 0 amide bonds. The first-order chi connectivity index (χ1) is 7.13. The summed E-state index contributed by atoms with van der Waals surface area (Å²) in [6, 6.07) is 3.83. The van der Waals surface area contributed by atoms with Crippen LogP contribution >= 0.6 is 0 Å². The Morgan fingerprint density at radius 1 is 1.67 bits per heavy atom. The Bertz CT molecular complexity index is 438. The third-order valence-corrected chi connectivity index (χ3v) is 1.91. The summed E-state index contributed by atoms with van der Waals surface area (Å²) in [5.41, 5.74) is 5.58. The minimum atomic E-state index is -0.688. The van der Waals surface area contributed by atoms with Crippen molar-refractivity contribution in [3.8, 4) is 6.07 Å². The Morgan fingerprint density at radius 3 is 2.80 bits per heavy atom. The summed E-state index contributed by atoms with van der Waals surface area (Å²) in [6.45, 7) is -0.0309. The number of carbonyl (C=O) groups excluding carboxylic acids is 1. The molecule has 0 aliphatic heterocycles. The topological polar surface area (TPSA) is 76.1 Å². The Hall–Kier alpha value is -1.93. The molecule has 5 heteroatoms. The van der Waals surface area contributed by atoms with Crippen LogP contribution in [0.25, 0.3) is 0 Å². The fraction of sp³-hybridized carbons (Fsp3) is 0.200. The van der Waals surface area contributed by atoms with Crippen LogP contribution in [0.1, 0.15) is 21.5 Å². The van der Waals surface area contributed by atoms with Crippen LogP contribution in [0.5, 0.6) is 0 Å². The molecular formula is C10H9FN2O2. The van der Waals surface area contributed by atoms with Crippen LogP contribution in [0.15, 0.2) is 12.1 Å². The van der Waals surface area contributed by atoms with Gasteiger partial charge in [0, 0.05) is 6.54 Å². The maximum Gasteiger partial charge on any atom is 0.339 e. The van der Waals surface area contributed by atoms with Gasteiger partial charge >= 0.3 is 5.97 Å². The summed E-state index contributed by atoms with van der Waals surface area (Å²) in [4.78, 5) is 11.3. The predicted molar refractivity (Wildman–Crippen MR) is 50.3 cm³/mol. The molecule has 2 N–H and O–H groups in total. The van der Waals surface area contributed by atoms with Crippen LogP contribution in [-0.2, 0) is 11.3 Å². The van der Waals surface area contributed by atoms with Crippen molar-refractivity contribution in [2.24, 2.45) is 5.73 Å². The molecule has 0 spiro atoms. The molecule has 1 rings (SSSR count). The number of esters is 1. The third kappa shape index (κ3) is 2.11. The van der Waals surface area contributed by atoms with Gasteiger partial charge in [0.05, 0.1) is 18.2 Å². The largest absolute Gasteiger partial charge is 0.465 e. The van der Waals surface area contributed by atoms with Crippen LogP contribution in [0, 0.1) is 17.1 Å². The molecule has 0 aromatic heterocycles. The maximum absolute atomic E-state index is 13.0. The van der Waals surface area contributed by atoms with Gasteiger partial charge in [0.1, 0.15) is 11.9 Å². The van der Waals surface area contributed by atoms with E-state index in [0.29, 0.717) is 0 Å². The number of hydrogen-bond acceptors (Lipinski definition) is 4. The van der Waals surface area contributed by atoms with E-state index in [1.54, 1.807) is 6.07 Å². The molecule has 0 fully saturated rings. The van der Waals surface area contributed by atoms with Gasteiger partial charge in [-0.1, -0.05) is 0 Å². The van der Waals surface area contributed by atoms with Crippen molar-refractivity contribution in [3.63, 3.8) is 0 Å². The quantitative estimate of drug-likeness (QED) is 0.734. The molecule has 0 unspecified atom stereocenters. The normalized spacial score (nSPS) is 9.47. The van der Waals surface area contributed by atoms with Crippen molar-refractivity contribution < 1.29 is 13.9 Å². The van der Waals surface area contributed by atoms with Gasteiger partial charge in [-0.05, 0) is 17.7 Å². The van der Waals surface area contributed by atoms with Gasteiger partial charge in [-0.2, -0.15) is 5.26 Å². The molecule has 15 heavy (non-hydrogen) atoms. The van der Waals surface area contributed by atoms with Gasteiger partial charge in [-0.3, -0.25) is 0 Å². The Morgan fingerprint density at radius 2 is 2.33 bits per heavy atom. The lowest BCUT2D eigenvalue weighted by Gasteiger charge is -2.07. The van der Waals surface area contributed by atoms with Gasteiger partial charge in [0.2, 0.25) is 0 Å². The van der Waals surface area contributed by atoms with Gasteiger partial charge in [0.25, 0.3) is 0 Å². The zero-order chi connectivity index (χ0) is 11.4. The number of halogens is 1. The number of benzene rings is 1. The Balaban J connectivity index is 3.45. The lowest BCUT2D eigenvalue weighted by molar-refractivity contribution is 0.0599. The molecule has 0 aliphatic carbocycles. The molecule has 1 aromatic carbocycles. The summed E-state index contributed by atoms with van der Waals surface area (Å²) < 4.78 is 17.5. The second-order valence-electron chi connectivity index (χ2n) is 2.79. The van der Waals surface area contributed by atoms with E-state index < -0.39 is 11.8 Å². The number of nitriles is 1. The van der Waals surface area contributed by atoms with Crippen LogP contribution in [0.4, 0.5) is 4.39 Å². The number of rotatable bonds is 2. The van der Waals surface area contributed by atoms with Crippen molar-refractivity contribution >= 4 is 5.97 Å². The second kappa shape index (κ2) is 4.53. The second-order valence-corrected chi connectivity index (χ2v) is 2.79. The average molecular weight is 208 g/mol. The van der Waals surface area contributed by atoms with Crippen molar-refractivity contribution in [1.82, 2.24) is 0 Å². The summed E-state index contributed by atoms with van der Waals surface area (Å²) in [5, 5.41) is 8.74. The van der Waals surface area contributed by atoms with Crippen molar-refractivity contribution in [2.45, 2.75) is 6.54 Å². The van der Waals surface area contributed by atoms with E-state index in [0.717, 1.165) is 12.1 Å². The van der Waals surface area contributed by atoms with Crippen LogP contribution in [0.2, 0.25) is 0 Å². The lowest BCUT2D eigenvalue weighted by Crippen LogP contribution is -2.12. The fourth-order valence-corrected chi connectivity index (χ4v) is 1.26. The van der Waals surface area contributed by atoms with E-state index in [1.807, 2.05) is 0 Å². The first kappa shape index (κ1) is 11.1. The number of methoxy groups -OCH3 is 1. The van der Waals surface area contributed by atoms with Gasteiger partial charge in [-0.25, -0.2) is 9.18 Å². The van der Waals surface area contributed by atoms with E-state index in [2.05, 4.69) is 4.74 Å². The van der Waals surface area contributed by atoms with Crippen LogP contribution in [-0.4, -0.2) is 13.1 Å². The molecule has 0 saturated heterocycles. The van der Waals surface area contributed by atoms with Crippen molar-refractivity contribution in [3.05, 3.63) is 34.6 Å². The first-order valence-electron chi connectivity index (χ1n) is 4.15. The molecular weight excluding hydrogens is 199 g/mol. The number of hydrogen-bond donors (Lipinski definition) is 1. The molecule has 1 aromatic rings. The number of ether oxygens (including phenoxy) is 1. The molecule has 0 aliphatic rings. The van der Waals surface area contributed by atoms with Gasteiger partial charge < -0.3 is 10.5 Å². The highest BCUT2D eigenvalue weighted by atomic mass is 19.1. The summed E-state index contributed by atoms with van der Waals surface area (Å²) in [6.07, 6.45) is 0. The highest BCUT2D eigenvalue weighted by molar-refractivity contribution is 5.93. The molecule has 0 atom stereocenters. The molecule has 4 nitrogen and oxygen atoms in total.